The van der Waals surface area contributed by atoms with Gasteiger partial charge in [-0.25, -0.2) is 0 Å². The molecule has 3 unspecified atom stereocenters. The average Bonchev–Trinajstić information content (AvgIpc) is 3.26. The van der Waals surface area contributed by atoms with Gasteiger partial charge in [-0.15, -0.1) is 0 Å². The molecule has 184 valence electrons. The van der Waals surface area contributed by atoms with E-state index in [2.05, 4.69) is 5.32 Å². The van der Waals surface area contributed by atoms with Crippen molar-refractivity contribution in [2.24, 2.45) is 11.7 Å². The Morgan fingerprint density at radius 1 is 1.15 bits per heavy atom. The summed E-state index contributed by atoms with van der Waals surface area (Å²) in [5.41, 5.74) is 6.70. The van der Waals surface area contributed by atoms with Gasteiger partial charge in [0, 0.05) is 31.9 Å². The van der Waals surface area contributed by atoms with Crippen LogP contribution >= 0.6 is 0 Å². The lowest BCUT2D eigenvalue weighted by molar-refractivity contribution is -0.138. The van der Waals surface area contributed by atoms with E-state index in [-0.39, 0.29) is 42.0 Å². The number of rotatable bonds is 7. The van der Waals surface area contributed by atoms with Crippen LogP contribution in [-0.2, 0) is 14.4 Å². The fourth-order valence-electron chi connectivity index (χ4n) is 5.02. The largest absolute Gasteiger partial charge is 0.378 e. The summed E-state index contributed by atoms with van der Waals surface area (Å²) < 4.78 is 0. The molecule has 1 aromatic carbocycles. The van der Waals surface area contributed by atoms with Gasteiger partial charge in [0.05, 0.1) is 18.1 Å². The number of nitrogens with one attached hydrogen (secondary N) is 1. The fraction of sp³-hybridized carbons (Fsp3) is 0.600. The standard InChI is InChI=1S/C25H35N5O4/c1-15(2)13-18(27-22(32)16-5-7-17(8-6-16)28(3)4)23(33)29-12-9-19-21(29)20(31)14-30(19)24(34)25(26)10-11-25/h5-8,15,18-19,21H,9-14,26H2,1-4H3,(H,27,32). The maximum absolute atomic E-state index is 13.6. The number of nitrogens with two attached hydrogens (primary N) is 1. The summed E-state index contributed by atoms with van der Waals surface area (Å²) >= 11 is 0. The molecule has 9 heteroatoms. The third-order valence-corrected chi connectivity index (χ3v) is 7.14. The van der Waals surface area contributed by atoms with Gasteiger partial charge in [-0.3, -0.25) is 19.2 Å². The van der Waals surface area contributed by atoms with Crippen molar-refractivity contribution in [3.05, 3.63) is 29.8 Å². The van der Waals surface area contributed by atoms with Crippen molar-refractivity contribution < 1.29 is 19.2 Å². The van der Waals surface area contributed by atoms with E-state index in [0.29, 0.717) is 37.8 Å². The predicted molar refractivity (Wildman–Crippen MR) is 128 cm³/mol. The Hall–Kier alpha value is -2.94. The molecule has 3 N–H and O–H groups in total. The van der Waals surface area contributed by atoms with E-state index in [0.717, 1.165) is 5.69 Å². The second-order valence-corrected chi connectivity index (χ2v) is 10.5. The number of amides is 3. The molecule has 0 radical (unpaired) electrons. The predicted octanol–water partition coefficient (Wildman–Crippen LogP) is 0.769. The number of carbonyl (C=O) groups excluding carboxylic acids is 4. The van der Waals surface area contributed by atoms with Crippen LogP contribution in [0.3, 0.4) is 0 Å². The minimum Gasteiger partial charge on any atom is -0.378 e. The molecular weight excluding hydrogens is 434 g/mol. The molecule has 0 aromatic heterocycles. The van der Waals surface area contributed by atoms with Crippen LogP contribution in [0.25, 0.3) is 0 Å². The molecule has 3 aliphatic rings. The second kappa shape index (κ2) is 9.02. The van der Waals surface area contributed by atoms with E-state index < -0.39 is 17.6 Å². The van der Waals surface area contributed by atoms with Crippen molar-refractivity contribution in [3.8, 4) is 0 Å². The molecule has 2 saturated heterocycles. The van der Waals surface area contributed by atoms with Gasteiger partial charge in [0.1, 0.15) is 12.1 Å². The van der Waals surface area contributed by atoms with E-state index in [4.69, 9.17) is 5.73 Å². The highest BCUT2D eigenvalue weighted by atomic mass is 16.2. The molecule has 3 amide bonds. The molecule has 1 saturated carbocycles. The molecule has 34 heavy (non-hydrogen) atoms. The second-order valence-electron chi connectivity index (χ2n) is 10.5. The number of carbonyl (C=O) groups is 4. The van der Waals surface area contributed by atoms with Gasteiger partial charge in [0.2, 0.25) is 11.8 Å². The molecule has 1 aromatic rings. The summed E-state index contributed by atoms with van der Waals surface area (Å²) in [4.78, 5) is 57.4. The smallest absolute Gasteiger partial charge is 0.251 e. The van der Waals surface area contributed by atoms with Crippen molar-refractivity contribution in [2.75, 3.05) is 32.1 Å². The molecular formula is C25H35N5O4. The van der Waals surface area contributed by atoms with Gasteiger partial charge >= 0.3 is 0 Å². The van der Waals surface area contributed by atoms with Crippen LogP contribution in [0, 0.1) is 5.92 Å². The van der Waals surface area contributed by atoms with E-state index >= 15 is 0 Å². The Balaban J connectivity index is 1.48. The zero-order chi connectivity index (χ0) is 24.8. The number of anilines is 1. The summed E-state index contributed by atoms with van der Waals surface area (Å²) in [5.74, 6) is -0.754. The number of nitrogens with zero attached hydrogens (tertiary/aromatic N) is 3. The highest BCUT2D eigenvalue weighted by Gasteiger charge is 2.57. The summed E-state index contributed by atoms with van der Waals surface area (Å²) in [6.45, 7) is 4.35. The normalized spacial score (nSPS) is 23.6. The number of ketones is 1. The first-order chi connectivity index (χ1) is 16.0. The highest BCUT2D eigenvalue weighted by molar-refractivity contribution is 6.02. The fourth-order valence-corrected chi connectivity index (χ4v) is 5.02. The topological polar surface area (TPSA) is 116 Å². The van der Waals surface area contributed by atoms with E-state index in [1.54, 1.807) is 21.9 Å². The van der Waals surface area contributed by atoms with E-state index in [1.807, 2.05) is 45.0 Å². The first-order valence-corrected chi connectivity index (χ1v) is 12.0. The van der Waals surface area contributed by atoms with Crippen LogP contribution in [0.2, 0.25) is 0 Å². The summed E-state index contributed by atoms with van der Waals surface area (Å²) in [5, 5.41) is 2.90. The van der Waals surface area contributed by atoms with Gasteiger partial charge in [-0.05, 0) is 55.9 Å². The van der Waals surface area contributed by atoms with Gasteiger partial charge in [-0.2, -0.15) is 0 Å². The number of hydrogen-bond acceptors (Lipinski definition) is 6. The molecule has 1 aliphatic carbocycles. The Morgan fingerprint density at radius 3 is 2.35 bits per heavy atom. The van der Waals surface area contributed by atoms with Crippen LogP contribution in [0.1, 0.15) is 49.9 Å². The van der Waals surface area contributed by atoms with Crippen LogP contribution in [0.4, 0.5) is 5.69 Å². The monoisotopic (exact) mass is 469 g/mol. The summed E-state index contributed by atoms with van der Waals surface area (Å²) in [6.07, 6.45) is 2.26. The maximum atomic E-state index is 13.6. The minimum atomic E-state index is -0.844. The minimum absolute atomic E-state index is 0.00364. The number of Topliss-reactive ketones (excluding diaryl/α,β-unsaturated/α-hetero) is 1. The average molecular weight is 470 g/mol. The first-order valence-electron chi connectivity index (χ1n) is 12.0. The molecule has 2 heterocycles. The van der Waals surface area contributed by atoms with Crippen molar-refractivity contribution in [1.82, 2.24) is 15.1 Å². The molecule has 3 atom stereocenters. The van der Waals surface area contributed by atoms with Crippen LogP contribution < -0.4 is 16.0 Å². The van der Waals surface area contributed by atoms with Gasteiger partial charge < -0.3 is 25.8 Å². The van der Waals surface area contributed by atoms with E-state index in [9.17, 15) is 19.2 Å². The Kier molecular flexibility index (Phi) is 6.42. The van der Waals surface area contributed by atoms with Gasteiger partial charge in [0.25, 0.3) is 5.91 Å². The van der Waals surface area contributed by atoms with Crippen molar-refractivity contribution in [1.29, 1.82) is 0 Å². The lowest BCUT2D eigenvalue weighted by Crippen LogP contribution is -2.53. The molecule has 0 bridgehead atoms. The molecule has 4 rings (SSSR count). The lowest BCUT2D eigenvalue weighted by Gasteiger charge is -2.29. The van der Waals surface area contributed by atoms with Crippen molar-refractivity contribution >= 4 is 29.2 Å². The molecule has 0 spiro atoms. The summed E-state index contributed by atoms with van der Waals surface area (Å²) in [6, 6.07) is 5.43. The van der Waals surface area contributed by atoms with Gasteiger partial charge in [0.15, 0.2) is 5.78 Å². The number of benzene rings is 1. The Morgan fingerprint density at radius 2 is 1.79 bits per heavy atom. The highest BCUT2D eigenvalue weighted by Crippen LogP contribution is 2.38. The van der Waals surface area contributed by atoms with Crippen molar-refractivity contribution in [3.63, 3.8) is 0 Å². The molecule has 3 fully saturated rings. The zero-order valence-corrected chi connectivity index (χ0v) is 20.4. The number of hydrogen-bond donors (Lipinski definition) is 2. The maximum Gasteiger partial charge on any atom is 0.251 e. The molecule has 2 aliphatic heterocycles. The van der Waals surface area contributed by atoms with Crippen LogP contribution in [-0.4, -0.2) is 84.2 Å². The Labute approximate surface area is 200 Å². The number of likely N-dealkylation sites (tertiary alicyclic amines) is 2. The number of fused-ring (bicyclic) bond motifs is 1. The Bertz CT molecular complexity index is 986. The van der Waals surface area contributed by atoms with Crippen molar-refractivity contribution in [2.45, 2.75) is 63.2 Å². The van der Waals surface area contributed by atoms with Gasteiger partial charge in [-0.1, -0.05) is 13.8 Å². The third-order valence-electron chi connectivity index (χ3n) is 7.14. The van der Waals surface area contributed by atoms with E-state index in [1.165, 1.54) is 0 Å². The quantitative estimate of drug-likeness (QED) is 0.609. The summed E-state index contributed by atoms with van der Waals surface area (Å²) in [7, 11) is 3.85. The van der Waals surface area contributed by atoms with Crippen LogP contribution in [0.5, 0.6) is 0 Å². The SMILES string of the molecule is CC(C)CC(NC(=O)c1ccc(N(C)C)cc1)C(=O)N1CCC2C1C(=O)CN2C(=O)C1(N)CC1. The first kappa shape index (κ1) is 24.2. The molecule has 9 nitrogen and oxygen atoms in total. The third kappa shape index (κ3) is 4.53. The van der Waals surface area contributed by atoms with Crippen LogP contribution in [0.15, 0.2) is 24.3 Å². The lowest BCUT2D eigenvalue weighted by atomic mass is 10.0. The zero-order valence-electron chi connectivity index (χ0n) is 20.4.